The molecule has 1 saturated heterocycles. The molecule has 0 saturated carbocycles. The van der Waals surface area contributed by atoms with Crippen molar-refractivity contribution in [3.63, 3.8) is 0 Å². The molecule has 1 atom stereocenters. The van der Waals surface area contributed by atoms with Crippen molar-refractivity contribution in [2.45, 2.75) is 19.4 Å². The fourth-order valence-electron chi connectivity index (χ4n) is 3.59. The quantitative estimate of drug-likeness (QED) is 0.870. The Bertz CT molecular complexity index is 688. The number of benzene rings is 1. The summed E-state index contributed by atoms with van der Waals surface area (Å²) in [7, 11) is 1.97. The molecule has 0 N–H and O–H groups in total. The Balaban J connectivity index is 1.41. The highest BCUT2D eigenvalue weighted by Crippen LogP contribution is 2.31. The van der Waals surface area contributed by atoms with E-state index >= 15 is 0 Å². The maximum atomic E-state index is 5.72. The van der Waals surface area contributed by atoms with Gasteiger partial charge in [-0.3, -0.25) is 9.58 Å². The van der Waals surface area contributed by atoms with Crippen molar-refractivity contribution in [3.05, 3.63) is 41.7 Å². The average Bonchev–Trinajstić information content (AvgIpc) is 3.22. The summed E-state index contributed by atoms with van der Waals surface area (Å²) in [5.74, 6) is 1.09. The van der Waals surface area contributed by atoms with Crippen molar-refractivity contribution >= 4 is 5.69 Å². The van der Waals surface area contributed by atoms with Gasteiger partial charge < -0.3 is 9.64 Å². The Hall–Kier alpha value is -2.01. The van der Waals surface area contributed by atoms with Gasteiger partial charge in [-0.05, 0) is 24.1 Å². The van der Waals surface area contributed by atoms with Crippen LogP contribution in [0.2, 0.25) is 0 Å². The minimum atomic E-state index is 0.431. The predicted octanol–water partition coefficient (Wildman–Crippen LogP) is 2.24. The predicted molar refractivity (Wildman–Crippen MR) is 91.1 cm³/mol. The lowest BCUT2D eigenvalue weighted by molar-refractivity contribution is 0.198. The topological polar surface area (TPSA) is 33.5 Å². The van der Waals surface area contributed by atoms with E-state index in [1.165, 1.54) is 16.8 Å². The zero-order valence-electron chi connectivity index (χ0n) is 13.9. The standard InChI is InChI=1S/C18H24N4O/c1-14(16-4-3-15-5-10-23-18(15)11-16)21-6-8-22(9-7-21)17-12-19-20(2)13-17/h3-4,11-14H,5-10H2,1-2H3. The first-order valence-corrected chi connectivity index (χ1v) is 8.44. The molecule has 2 aliphatic rings. The monoisotopic (exact) mass is 312 g/mol. The van der Waals surface area contributed by atoms with Gasteiger partial charge in [-0.2, -0.15) is 5.10 Å². The largest absolute Gasteiger partial charge is 0.493 e. The van der Waals surface area contributed by atoms with Crippen LogP contribution in [0, 0.1) is 0 Å². The lowest BCUT2D eigenvalue weighted by Gasteiger charge is -2.38. The van der Waals surface area contributed by atoms with Crippen LogP contribution in [0.1, 0.15) is 24.1 Å². The van der Waals surface area contributed by atoms with E-state index in [1.807, 2.05) is 17.9 Å². The highest BCUT2D eigenvalue weighted by molar-refractivity contribution is 5.43. The van der Waals surface area contributed by atoms with E-state index < -0.39 is 0 Å². The van der Waals surface area contributed by atoms with E-state index in [-0.39, 0.29) is 0 Å². The second-order valence-electron chi connectivity index (χ2n) is 6.54. The number of piperazine rings is 1. The molecule has 0 radical (unpaired) electrons. The maximum Gasteiger partial charge on any atom is 0.122 e. The Morgan fingerprint density at radius 1 is 1.17 bits per heavy atom. The van der Waals surface area contributed by atoms with E-state index in [2.05, 4.69) is 46.2 Å². The van der Waals surface area contributed by atoms with E-state index in [1.54, 1.807) is 0 Å². The summed E-state index contributed by atoms with van der Waals surface area (Å²) in [6.07, 6.45) is 5.10. The van der Waals surface area contributed by atoms with Gasteiger partial charge >= 0.3 is 0 Å². The molecule has 1 aromatic carbocycles. The molecule has 3 heterocycles. The smallest absolute Gasteiger partial charge is 0.122 e. The molecule has 0 bridgehead atoms. The summed E-state index contributed by atoms with van der Waals surface area (Å²) in [5.41, 5.74) is 3.94. The lowest BCUT2D eigenvalue weighted by Crippen LogP contribution is -2.47. The van der Waals surface area contributed by atoms with E-state index in [0.717, 1.165) is 45.0 Å². The van der Waals surface area contributed by atoms with Gasteiger partial charge in [0.15, 0.2) is 0 Å². The number of aryl methyl sites for hydroxylation is 1. The molecule has 1 aromatic heterocycles. The first kappa shape index (κ1) is 14.6. The third-order valence-corrected chi connectivity index (χ3v) is 5.12. The Labute approximate surface area is 137 Å². The second kappa shape index (κ2) is 5.89. The Morgan fingerprint density at radius 2 is 2.00 bits per heavy atom. The molecule has 2 aromatic rings. The van der Waals surface area contributed by atoms with Crippen LogP contribution in [0.3, 0.4) is 0 Å². The van der Waals surface area contributed by atoms with Crippen molar-refractivity contribution < 1.29 is 4.74 Å². The molecule has 5 nitrogen and oxygen atoms in total. The van der Waals surface area contributed by atoms with Gasteiger partial charge in [0.2, 0.25) is 0 Å². The van der Waals surface area contributed by atoms with Crippen LogP contribution < -0.4 is 9.64 Å². The third kappa shape index (κ3) is 2.81. The van der Waals surface area contributed by atoms with Crippen molar-refractivity contribution in [1.82, 2.24) is 14.7 Å². The highest BCUT2D eigenvalue weighted by atomic mass is 16.5. The van der Waals surface area contributed by atoms with Crippen LogP contribution in [0.4, 0.5) is 5.69 Å². The zero-order valence-corrected chi connectivity index (χ0v) is 13.9. The summed E-state index contributed by atoms with van der Waals surface area (Å²) < 4.78 is 7.59. The number of hydrogen-bond acceptors (Lipinski definition) is 4. The van der Waals surface area contributed by atoms with Crippen molar-refractivity contribution in [2.75, 3.05) is 37.7 Å². The molecular formula is C18H24N4O. The fraction of sp³-hybridized carbons (Fsp3) is 0.500. The molecular weight excluding hydrogens is 288 g/mol. The molecule has 122 valence electrons. The number of fused-ring (bicyclic) bond motifs is 1. The van der Waals surface area contributed by atoms with Gasteiger partial charge in [0.1, 0.15) is 5.75 Å². The summed E-state index contributed by atoms with van der Waals surface area (Å²) >= 11 is 0. The number of nitrogens with zero attached hydrogens (tertiary/aromatic N) is 4. The van der Waals surface area contributed by atoms with Gasteiger partial charge in [0.25, 0.3) is 0 Å². The molecule has 1 fully saturated rings. The lowest BCUT2D eigenvalue weighted by atomic mass is 10.0. The second-order valence-corrected chi connectivity index (χ2v) is 6.54. The van der Waals surface area contributed by atoms with Crippen molar-refractivity contribution in [2.24, 2.45) is 7.05 Å². The van der Waals surface area contributed by atoms with Crippen LogP contribution >= 0.6 is 0 Å². The van der Waals surface area contributed by atoms with Gasteiger partial charge in [0, 0.05) is 51.9 Å². The molecule has 23 heavy (non-hydrogen) atoms. The van der Waals surface area contributed by atoms with E-state index in [4.69, 9.17) is 4.74 Å². The molecule has 1 unspecified atom stereocenters. The van der Waals surface area contributed by atoms with Crippen molar-refractivity contribution in [3.8, 4) is 5.75 Å². The molecule has 4 rings (SSSR count). The van der Waals surface area contributed by atoms with E-state index in [9.17, 15) is 0 Å². The molecule has 5 heteroatoms. The van der Waals surface area contributed by atoms with Gasteiger partial charge in [-0.15, -0.1) is 0 Å². The first-order chi connectivity index (χ1) is 11.2. The van der Waals surface area contributed by atoms with Crippen LogP contribution in [-0.4, -0.2) is 47.5 Å². The molecule has 0 aliphatic carbocycles. The summed E-state index contributed by atoms with van der Waals surface area (Å²) in [4.78, 5) is 4.98. The minimum absolute atomic E-state index is 0.431. The number of anilines is 1. The van der Waals surface area contributed by atoms with Crippen LogP contribution in [0.25, 0.3) is 0 Å². The minimum Gasteiger partial charge on any atom is -0.493 e. The fourth-order valence-corrected chi connectivity index (χ4v) is 3.59. The zero-order chi connectivity index (χ0) is 15.8. The summed E-state index contributed by atoms with van der Waals surface area (Å²) in [6, 6.07) is 7.17. The van der Waals surface area contributed by atoms with Crippen LogP contribution in [-0.2, 0) is 13.5 Å². The Kier molecular flexibility index (Phi) is 3.73. The van der Waals surface area contributed by atoms with Crippen LogP contribution in [0.15, 0.2) is 30.6 Å². The normalized spacial score (nSPS) is 19.5. The number of aromatic nitrogens is 2. The number of rotatable bonds is 3. The summed E-state index contributed by atoms with van der Waals surface area (Å²) in [5, 5.41) is 4.27. The first-order valence-electron chi connectivity index (χ1n) is 8.44. The SMILES string of the molecule is CC(c1ccc2c(c1)OCC2)N1CCN(c2cnn(C)c2)CC1. The highest BCUT2D eigenvalue weighted by Gasteiger charge is 2.24. The third-order valence-electron chi connectivity index (χ3n) is 5.12. The maximum absolute atomic E-state index is 5.72. The molecule has 0 spiro atoms. The van der Waals surface area contributed by atoms with Crippen LogP contribution in [0.5, 0.6) is 5.75 Å². The molecule has 0 amide bonds. The van der Waals surface area contributed by atoms with Gasteiger partial charge in [-0.1, -0.05) is 12.1 Å². The van der Waals surface area contributed by atoms with Gasteiger partial charge in [-0.25, -0.2) is 0 Å². The van der Waals surface area contributed by atoms with E-state index in [0.29, 0.717) is 6.04 Å². The number of hydrogen-bond donors (Lipinski definition) is 0. The van der Waals surface area contributed by atoms with Gasteiger partial charge in [0.05, 0.1) is 18.5 Å². The molecule has 2 aliphatic heterocycles. The summed E-state index contributed by atoms with van der Waals surface area (Å²) in [6.45, 7) is 7.39. The number of ether oxygens (including phenoxy) is 1. The Morgan fingerprint density at radius 3 is 2.74 bits per heavy atom. The van der Waals surface area contributed by atoms with Crippen molar-refractivity contribution in [1.29, 1.82) is 0 Å². The average molecular weight is 312 g/mol.